The molecular weight excluding hydrogens is 402 g/mol. The predicted molar refractivity (Wildman–Crippen MR) is 116 cm³/mol. The van der Waals surface area contributed by atoms with Gasteiger partial charge in [0.05, 0.1) is 17.7 Å². The van der Waals surface area contributed by atoms with Crippen LogP contribution in [0.15, 0.2) is 78.0 Å². The number of methoxy groups -OCH3 is 1. The van der Waals surface area contributed by atoms with Crippen molar-refractivity contribution >= 4 is 33.8 Å². The number of sulfonamides is 1. The van der Waals surface area contributed by atoms with Crippen LogP contribution in [0.25, 0.3) is 12.2 Å². The molecule has 1 aromatic heterocycles. The number of benzene rings is 2. The molecular formula is C22H21N3O4S. The lowest BCUT2D eigenvalue weighted by Crippen LogP contribution is -2.39. The van der Waals surface area contributed by atoms with Crippen molar-refractivity contribution in [3.05, 3.63) is 84.2 Å². The first kappa shape index (κ1) is 21.1. The molecule has 0 aliphatic heterocycles. The SMILES string of the molecule is COc1ccc(S(=O)(=O)N(CC(N)=O)c2ccccc2/C=C/c2ccncc2)cc1. The van der Waals surface area contributed by atoms with Gasteiger partial charge in [0.15, 0.2) is 0 Å². The Morgan fingerprint density at radius 2 is 1.70 bits per heavy atom. The van der Waals surface area contributed by atoms with Crippen molar-refractivity contribution in [3.63, 3.8) is 0 Å². The number of rotatable bonds is 8. The van der Waals surface area contributed by atoms with Crippen LogP contribution < -0.4 is 14.8 Å². The van der Waals surface area contributed by atoms with E-state index in [-0.39, 0.29) is 4.90 Å². The highest BCUT2D eigenvalue weighted by molar-refractivity contribution is 7.92. The van der Waals surface area contributed by atoms with Crippen LogP contribution in [0.4, 0.5) is 5.69 Å². The van der Waals surface area contributed by atoms with E-state index in [1.54, 1.807) is 54.9 Å². The molecule has 1 amide bonds. The number of para-hydroxylation sites is 1. The third kappa shape index (κ3) is 4.84. The monoisotopic (exact) mass is 423 g/mol. The first-order valence-electron chi connectivity index (χ1n) is 9.04. The number of nitrogens with two attached hydrogens (primary N) is 1. The molecule has 1 heterocycles. The molecule has 0 unspecified atom stereocenters. The van der Waals surface area contributed by atoms with Crippen LogP contribution >= 0.6 is 0 Å². The summed E-state index contributed by atoms with van der Waals surface area (Å²) in [7, 11) is -2.55. The second kappa shape index (κ2) is 9.23. The zero-order valence-corrected chi connectivity index (χ0v) is 17.1. The van der Waals surface area contributed by atoms with Gasteiger partial charge in [-0.2, -0.15) is 0 Å². The second-order valence-corrected chi connectivity index (χ2v) is 8.19. The molecule has 3 aromatic rings. The van der Waals surface area contributed by atoms with Gasteiger partial charge in [0.1, 0.15) is 12.3 Å². The van der Waals surface area contributed by atoms with Gasteiger partial charge < -0.3 is 10.5 Å². The Labute approximate surface area is 175 Å². The van der Waals surface area contributed by atoms with Gasteiger partial charge in [-0.1, -0.05) is 30.4 Å². The number of carbonyl (C=O) groups is 1. The Morgan fingerprint density at radius 1 is 1.03 bits per heavy atom. The highest BCUT2D eigenvalue weighted by atomic mass is 32.2. The summed E-state index contributed by atoms with van der Waals surface area (Å²) in [4.78, 5) is 15.7. The highest BCUT2D eigenvalue weighted by Gasteiger charge is 2.27. The number of anilines is 1. The molecule has 2 N–H and O–H groups in total. The van der Waals surface area contributed by atoms with Gasteiger partial charge in [-0.25, -0.2) is 8.42 Å². The van der Waals surface area contributed by atoms with Crippen molar-refractivity contribution in [2.75, 3.05) is 18.0 Å². The van der Waals surface area contributed by atoms with Crippen molar-refractivity contribution in [1.82, 2.24) is 4.98 Å². The minimum Gasteiger partial charge on any atom is -0.497 e. The lowest BCUT2D eigenvalue weighted by Gasteiger charge is -2.25. The van der Waals surface area contributed by atoms with Gasteiger partial charge in [-0.05, 0) is 53.6 Å². The summed E-state index contributed by atoms with van der Waals surface area (Å²) in [5.41, 5.74) is 7.24. The van der Waals surface area contributed by atoms with E-state index >= 15 is 0 Å². The van der Waals surface area contributed by atoms with Crippen LogP contribution in [0.2, 0.25) is 0 Å². The van der Waals surface area contributed by atoms with Crippen molar-refractivity contribution in [1.29, 1.82) is 0 Å². The second-order valence-electron chi connectivity index (χ2n) is 6.33. The van der Waals surface area contributed by atoms with E-state index in [4.69, 9.17) is 10.5 Å². The predicted octanol–water partition coefficient (Wildman–Crippen LogP) is 2.94. The van der Waals surface area contributed by atoms with E-state index in [0.29, 0.717) is 17.0 Å². The first-order chi connectivity index (χ1) is 14.4. The number of carbonyl (C=O) groups excluding carboxylic acids is 1. The van der Waals surface area contributed by atoms with Gasteiger partial charge in [0.25, 0.3) is 10.0 Å². The Balaban J connectivity index is 2.06. The Morgan fingerprint density at radius 3 is 2.33 bits per heavy atom. The molecule has 154 valence electrons. The number of primary amides is 1. The van der Waals surface area contributed by atoms with Crippen molar-refractivity contribution in [2.45, 2.75) is 4.90 Å². The number of hydrogen-bond acceptors (Lipinski definition) is 5. The fraction of sp³-hybridized carbons (Fsp3) is 0.0909. The number of nitrogens with zero attached hydrogens (tertiary/aromatic N) is 2. The van der Waals surface area contributed by atoms with Gasteiger partial charge >= 0.3 is 0 Å². The van der Waals surface area contributed by atoms with E-state index in [1.807, 2.05) is 18.2 Å². The first-order valence-corrected chi connectivity index (χ1v) is 10.5. The van der Waals surface area contributed by atoms with E-state index in [9.17, 15) is 13.2 Å². The third-order valence-corrected chi connectivity index (χ3v) is 6.09. The lowest BCUT2D eigenvalue weighted by atomic mass is 10.1. The van der Waals surface area contributed by atoms with Crippen LogP contribution in [0.1, 0.15) is 11.1 Å². The molecule has 0 aliphatic rings. The molecule has 0 aliphatic carbocycles. The standard InChI is InChI=1S/C22H21N3O4S/c1-29-19-8-10-20(11-9-19)30(27,28)25(16-22(23)26)21-5-3-2-4-18(21)7-6-17-12-14-24-15-13-17/h2-15H,16H2,1H3,(H2,23,26)/b7-6+. The van der Waals surface area contributed by atoms with Gasteiger partial charge in [0, 0.05) is 12.4 Å². The van der Waals surface area contributed by atoms with Crippen LogP contribution in [0.3, 0.4) is 0 Å². The van der Waals surface area contributed by atoms with Gasteiger partial charge in [0.2, 0.25) is 5.91 Å². The zero-order valence-electron chi connectivity index (χ0n) is 16.3. The molecule has 2 aromatic carbocycles. The van der Waals surface area contributed by atoms with Crippen LogP contribution in [0.5, 0.6) is 5.75 Å². The molecule has 0 saturated carbocycles. The summed E-state index contributed by atoms with van der Waals surface area (Å²) < 4.78 is 32.8. The molecule has 0 spiro atoms. The fourth-order valence-corrected chi connectivity index (χ4v) is 4.29. The summed E-state index contributed by atoms with van der Waals surface area (Å²) in [5, 5.41) is 0. The third-order valence-electron chi connectivity index (χ3n) is 4.31. The maximum Gasteiger partial charge on any atom is 0.264 e. The topological polar surface area (TPSA) is 103 Å². The van der Waals surface area contributed by atoms with E-state index in [2.05, 4.69) is 4.98 Å². The Bertz CT molecular complexity index is 1140. The summed E-state index contributed by atoms with van der Waals surface area (Å²) in [6.07, 6.45) is 6.95. The zero-order chi connectivity index (χ0) is 21.6. The fourth-order valence-electron chi connectivity index (χ4n) is 2.83. The molecule has 0 radical (unpaired) electrons. The van der Waals surface area contributed by atoms with Crippen LogP contribution in [-0.4, -0.2) is 33.0 Å². The van der Waals surface area contributed by atoms with Crippen LogP contribution in [-0.2, 0) is 14.8 Å². The Hall–Kier alpha value is -3.65. The lowest BCUT2D eigenvalue weighted by molar-refractivity contribution is -0.116. The molecule has 0 saturated heterocycles. The molecule has 8 heteroatoms. The van der Waals surface area contributed by atoms with Gasteiger partial charge in [-0.3, -0.25) is 14.1 Å². The maximum atomic E-state index is 13.3. The molecule has 7 nitrogen and oxygen atoms in total. The van der Waals surface area contributed by atoms with E-state index < -0.39 is 22.5 Å². The number of pyridine rings is 1. The summed E-state index contributed by atoms with van der Waals surface area (Å²) in [5.74, 6) is -0.240. The summed E-state index contributed by atoms with van der Waals surface area (Å²) in [6.45, 7) is -0.492. The molecule has 0 bridgehead atoms. The quantitative estimate of drug-likeness (QED) is 0.600. The van der Waals surface area contributed by atoms with Crippen molar-refractivity contribution < 1.29 is 17.9 Å². The van der Waals surface area contributed by atoms with Gasteiger partial charge in [-0.15, -0.1) is 0 Å². The average molecular weight is 423 g/mol. The number of hydrogen-bond donors (Lipinski definition) is 1. The molecule has 30 heavy (non-hydrogen) atoms. The summed E-state index contributed by atoms with van der Waals surface area (Å²) >= 11 is 0. The smallest absolute Gasteiger partial charge is 0.264 e. The summed E-state index contributed by atoms with van der Waals surface area (Å²) in [6, 6.07) is 16.5. The van der Waals surface area contributed by atoms with Crippen molar-refractivity contribution in [2.24, 2.45) is 5.73 Å². The molecule has 0 atom stereocenters. The van der Waals surface area contributed by atoms with E-state index in [0.717, 1.165) is 9.87 Å². The number of aromatic nitrogens is 1. The normalized spacial score (nSPS) is 11.4. The minimum absolute atomic E-state index is 0.0254. The molecule has 0 fully saturated rings. The maximum absolute atomic E-state index is 13.3. The largest absolute Gasteiger partial charge is 0.497 e. The van der Waals surface area contributed by atoms with Crippen LogP contribution in [0, 0.1) is 0 Å². The number of amides is 1. The highest BCUT2D eigenvalue weighted by Crippen LogP contribution is 2.29. The Kier molecular flexibility index (Phi) is 6.48. The van der Waals surface area contributed by atoms with Crippen molar-refractivity contribution in [3.8, 4) is 5.75 Å². The average Bonchev–Trinajstić information content (AvgIpc) is 2.77. The minimum atomic E-state index is -4.05. The molecule has 3 rings (SSSR count). The van der Waals surface area contributed by atoms with E-state index in [1.165, 1.54) is 19.2 Å². The number of ether oxygens (including phenoxy) is 1.